The highest BCUT2D eigenvalue weighted by atomic mass is 16.4. The zero-order valence-electron chi connectivity index (χ0n) is 17.8. The fourth-order valence-electron chi connectivity index (χ4n) is 4.53. The van der Waals surface area contributed by atoms with Crippen LogP contribution < -0.4 is 5.43 Å². The highest BCUT2D eigenvalue weighted by Gasteiger charge is 2.36. The number of hydrogen-bond acceptors (Lipinski definition) is 4. The Morgan fingerprint density at radius 1 is 1.26 bits per heavy atom. The van der Waals surface area contributed by atoms with Gasteiger partial charge in [-0.3, -0.25) is 9.48 Å². The predicted molar refractivity (Wildman–Crippen MR) is 117 cm³/mol. The van der Waals surface area contributed by atoms with Gasteiger partial charge < -0.3 is 14.1 Å². The maximum Gasteiger partial charge on any atom is 0.341 e. The maximum absolute atomic E-state index is 12.6. The Morgan fingerprint density at radius 3 is 2.68 bits per heavy atom. The smallest absolute Gasteiger partial charge is 0.341 e. The van der Waals surface area contributed by atoms with Crippen LogP contribution >= 0.6 is 0 Å². The Morgan fingerprint density at radius 2 is 2.03 bits per heavy atom. The summed E-state index contributed by atoms with van der Waals surface area (Å²) in [6, 6.07) is 7.40. The summed E-state index contributed by atoms with van der Waals surface area (Å²) >= 11 is 0. The molecule has 0 unspecified atom stereocenters. The molecule has 1 atom stereocenters. The number of nitrogens with zero attached hydrogens (tertiary/aromatic N) is 3. The van der Waals surface area contributed by atoms with E-state index in [0.717, 1.165) is 27.7 Å². The summed E-state index contributed by atoms with van der Waals surface area (Å²) in [6.45, 7) is 6.36. The Hall–Kier alpha value is -3.61. The number of carboxylic acid groups (broad SMARTS) is 1. The number of aromatic carboxylic acids is 1. The van der Waals surface area contributed by atoms with Gasteiger partial charge in [-0.15, -0.1) is 0 Å². The molecule has 1 aliphatic rings. The Bertz CT molecular complexity index is 1420. The van der Waals surface area contributed by atoms with Crippen LogP contribution in [0.2, 0.25) is 0 Å². The number of pyridine rings is 1. The lowest BCUT2D eigenvalue weighted by molar-refractivity contribution is 0.0693. The molecule has 3 aromatic heterocycles. The van der Waals surface area contributed by atoms with Gasteiger partial charge in [0.25, 0.3) is 0 Å². The monoisotopic (exact) mass is 417 g/mol. The molecule has 1 aliphatic heterocycles. The van der Waals surface area contributed by atoms with Gasteiger partial charge in [0.1, 0.15) is 11.1 Å². The van der Waals surface area contributed by atoms with Crippen LogP contribution in [-0.2, 0) is 13.5 Å². The van der Waals surface area contributed by atoms with Crippen LogP contribution in [0.25, 0.3) is 33.6 Å². The van der Waals surface area contributed by atoms with E-state index in [2.05, 4.69) is 25.9 Å². The van der Waals surface area contributed by atoms with Crippen molar-refractivity contribution in [2.75, 3.05) is 0 Å². The summed E-state index contributed by atoms with van der Waals surface area (Å²) in [5.41, 5.74) is 3.38. The first kappa shape index (κ1) is 19.4. The molecular weight excluding hydrogens is 394 g/mol. The predicted octanol–water partition coefficient (Wildman–Crippen LogP) is 4.50. The molecule has 7 nitrogen and oxygen atoms in total. The molecule has 0 aliphatic carbocycles. The first-order valence-electron chi connectivity index (χ1n) is 10.2. The molecule has 7 heteroatoms. The van der Waals surface area contributed by atoms with E-state index in [9.17, 15) is 14.7 Å². The fourth-order valence-corrected chi connectivity index (χ4v) is 4.53. The van der Waals surface area contributed by atoms with E-state index in [0.29, 0.717) is 17.9 Å². The molecule has 1 aromatic carbocycles. The van der Waals surface area contributed by atoms with E-state index in [1.807, 2.05) is 36.0 Å². The number of rotatable bonds is 2. The molecule has 4 aromatic rings. The Balaban J connectivity index is 1.83. The molecular formula is C24H23N3O4. The fraction of sp³-hybridized carbons (Fsp3) is 0.292. The van der Waals surface area contributed by atoms with Gasteiger partial charge >= 0.3 is 5.97 Å². The molecule has 0 fully saturated rings. The summed E-state index contributed by atoms with van der Waals surface area (Å²) in [7, 11) is 1.87. The molecule has 0 amide bonds. The minimum atomic E-state index is -1.22. The van der Waals surface area contributed by atoms with Gasteiger partial charge in [0.15, 0.2) is 11.2 Å². The minimum Gasteiger partial charge on any atom is -0.477 e. The van der Waals surface area contributed by atoms with E-state index < -0.39 is 11.4 Å². The van der Waals surface area contributed by atoms with Crippen molar-refractivity contribution in [3.8, 4) is 22.6 Å². The summed E-state index contributed by atoms with van der Waals surface area (Å²) in [5, 5.41) is 14.8. The van der Waals surface area contributed by atoms with Crippen LogP contribution in [0.3, 0.4) is 0 Å². The van der Waals surface area contributed by atoms with Crippen LogP contribution in [0.15, 0.2) is 52.1 Å². The van der Waals surface area contributed by atoms with Crippen LogP contribution in [-0.4, -0.2) is 25.4 Å². The number of para-hydroxylation sites is 1. The highest BCUT2D eigenvalue weighted by Crippen LogP contribution is 2.47. The van der Waals surface area contributed by atoms with E-state index >= 15 is 0 Å². The summed E-state index contributed by atoms with van der Waals surface area (Å²) in [5.74, 6) is -0.594. The van der Waals surface area contributed by atoms with Crippen LogP contribution in [0.5, 0.6) is 0 Å². The quantitative estimate of drug-likeness (QED) is 0.518. The number of benzene rings is 1. The zero-order chi connectivity index (χ0) is 22.1. The maximum atomic E-state index is 12.6. The molecule has 0 bridgehead atoms. The lowest BCUT2D eigenvalue weighted by Crippen LogP contribution is -2.32. The van der Waals surface area contributed by atoms with Gasteiger partial charge in [-0.2, -0.15) is 5.10 Å². The summed E-state index contributed by atoms with van der Waals surface area (Å²) in [4.78, 5) is 24.2. The van der Waals surface area contributed by atoms with Gasteiger partial charge in [-0.05, 0) is 11.8 Å². The number of furan rings is 1. The topological polar surface area (TPSA) is 90.3 Å². The van der Waals surface area contributed by atoms with Crippen LogP contribution in [0, 0.1) is 5.41 Å². The van der Waals surface area contributed by atoms with Crippen molar-refractivity contribution in [3.63, 3.8) is 0 Å². The Labute approximate surface area is 178 Å². The van der Waals surface area contributed by atoms with Crippen molar-refractivity contribution in [3.05, 3.63) is 64.2 Å². The second-order valence-electron chi connectivity index (χ2n) is 9.23. The normalized spacial score (nSPS) is 15.7. The number of carbonyl (C=O) groups is 1. The molecule has 1 N–H and O–H groups in total. The van der Waals surface area contributed by atoms with E-state index in [1.165, 1.54) is 12.3 Å². The molecule has 0 spiro atoms. The van der Waals surface area contributed by atoms with Gasteiger partial charge in [0, 0.05) is 53.6 Å². The molecule has 0 saturated heterocycles. The Kier molecular flexibility index (Phi) is 4.02. The van der Waals surface area contributed by atoms with Gasteiger partial charge in [0.05, 0.1) is 11.9 Å². The van der Waals surface area contributed by atoms with Crippen LogP contribution in [0.4, 0.5) is 0 Å². The van der Waals surface area contributed by atoms with Gasteiger partial charge in [-0.25, -0.2) is 4.79 Å². The lowest BCUT2D eigenvalue weighted by Gasteiger charge is -2.37. The standard InChI is InChI=1S/C24H23N3O4/c1-24(2,3)20-8-16-15-7-5-6-14(13-10-25-26(4)11-13)21(15)31-22(16)18-9-19(28)17(23(29)30)12-27(18)20/h5-7,9-12,20H,8H2,1-4H3,(H,29,30)/t20-/m0/s1. The number of carboxylic acids is 1. The number of aromatic nitrogens is 3. The number of aryl methyl sites for hydroxylation is 1. The zero-order valence-corrected chi connectivity index (χ0v) is 17.8. The second-order valence-corrected chi connectivity index (χ2v) is 9.23. The third kappa shape index (κ3) is 2.91. The second kappa shape index (κ2) is 6.44. The average molecular weight is 417 g/mol. The molecule has 0 radical (unpaired) electrons. The molecule has 0 saturated carbocycles. The first-order chi connectivity index (χ1) is 14.6. The molecule has 5 rings (SSSR count). The van der Waals surface area contributed by atoms with E-state index in [-0.39, 0.29) is 17.0 Å². The third-order valence-electron chi connectivity index (χ3n) is 6.11. The number of hydrogen-bond donors (Lipinski definition) is 1. The summed E-state index contributed by atoms with van der Waals surface area (Å²) in [6.07, 6.45) is 5.88. The molecule has 4 heterocycles. The molecule has 158 valence electrons. The van der Waals surface area contributed by atoms with Gasteiger partial charge in [0.2, 0.25) is 0 Å². The molecule has 31 heavy (non-hydrogen) atoms. The lowest BCUT2D eigenvalue weighted by atomic mass is 9.79. The number of fused-ring (bicyclic) bond motifs is 5. The van der Waals surface area contributed by atoms with Crippen molar-refractivity contribution in [1.29, 1.82) is 0 Å². The van der Waals surface area contributed by atoms with E-state index in [4.69, 9.17) is 4.42 Å². The van der Waals surface area contributed by atoms with Crippen molar-refractivity contribution in [2.24, 2.45) is 12.5 Å². The van der Waals surface area contributed by atoms with Crippen molar-refractivity contribution >= 4 is 16.9 Å². The SMILES string of the molecule is Cn1cc(-c2cccc3c4c(oc23)-c2cc(=O)c(C(=O)O)cn2[C@H](C(C)(C)C)C4)cn1. The largest absolute Gasteiger partial charge is 0.477 e. The van der Waals surface area contributed by atoms with E-state index in [1.54, 1.807) is 10.9 Å². The summed E-state index contributed by atoms with van der Waals surface area (Å²) < 4.78 is 10.0. The van der Waals surface area contributed by atoms with Crippen LogP contribution in [0.1, 0.15) is 42.7 Å². The van der Waals surface area contributed by atoms with Crippen molar-refractivity contribution in [1.82, 2.24) is 14.3 Å². The highest BCUT2D eigenvalue weighted by molar-refractivity contribution is 5.98. The average Bonchev–Trinajstić information content (AvgIpc) is 3.29. The van der Waals surface area contributed by atoms with Crippen molar-refractivity contribution in [2.45, 2.75) is 33.2 Å². The van der Waals surface area contributed by atoms with Crippen molar-refractivity contribution < 1.29 is 14.3 Å². The van der Waals surface area contributed by atoms with Gasteiger partial charge in [-0.1, -0.05) is 39.0 Å². The minimum absolute atomic E-state index is 0.0310. The third-order valence-corrected chi connectivity index (χ3v) is 6.11. The first-order valence-corrected chi connectivity index (χ1v) is 10.2.